The van der Waals surface area contributed by atoms with Crippen molar-refractivity contribution in [3.8, 4) is 0 Å². The van der Waals surface area contributed by atoms with Gasteiger partial charge in [0.1, 0.15) is 5.76 Å². The van der Waals surface area contributed by atoms with Crippen LogP contribution in [0.1, 0.15) is 29.9 Å². The lowest BCUT2D eigenvalue weighted by Crippen LogP contribution is -2.41. The maximum Gasteiger partial charge on any atom is 0.246 e. The summed E-state index contributed by atoms with van der Waals surface area (Å²) in [4.78, 5) is 12.9. The summed E-state index contributed by atoms with van der Waals surface area (Å²) >= 11 is 0. The van der Waals surface area contributed by atoms with E-state index in [2.05, 4.69) is 10.6 Å². The fourth-order valence-electron chi connectivity index (χ4n) is 2.88. The van der Waals surface area contributed by atoms with Gasteiger partial charge in [0.25, 0.3) is 0 Å². The molecule has 0 radical (unpaired) electrons. The number of benzene rings is 2. The average Bonchev–Trinajstić information content (AvgIpc) is 2.98. The van der Waals surface area contributed by atoms with Gasteiger partial charge in [-0.15, -0.1) is 0 Å². The van der Waals surface area contributed by atoms with E-state index in [4.69, 9.17) is 4.52 Å². The van der Waals surface area contributed by atoms with Crippen LogP contribution < -0.4 is 10.4 Å². The van der Waals surface area contributed by atoms with Crippen molar-refractivity contribution in [2.75, 3.05) is 5.01 Å². The Morgan fingerprint density at radius 2 is 1.52 bits per heavy atom. The third-order valence-corrected chi connectivity index (χ3v) is 4.17. The number of carbonyl (C=O) groups excluding carboxylic acids is 1. The normalized spacial score (nSPS) is 11.8. The van der Waals surface area contributed by atoms with E-state index >= 15 is 0 Å². The number of nitrogens with one attached hydrogen (secondary N) is 1. The predicted molar refractivity (Wildman–Crippen MR) is 97.6 cm³/mol. The molecule has 0 aliphatic carbocycles. The van der Waals surface area contributed by atoms with E-state index in [1.165, 1.54) is 0 Å². The van der Waals surface area contributed by atoms with E-state index in [0.717, 1.165) is 22.6 Å². The second-order valence-electron chi connectivity index (χ2n) is 5.94. The topological polar surface area (TPSA) is 58.4 Å². The van der Waals surface area contributed by atoms with E-state index in [9.17, 15) is 4.79 Å². The number of amides is 1. The Kier molecular flexibility index (Phi) is 4.84. The Morgan fingerprint density at radius 3 is 1.96 bits per heavy atom. The molecule has 0 aliphatic heterocycles. The first-order valence-electron chi connectivity index (χ1n) is 8.21. The first-order valence-corrected chi connectivity index (χ1v) is 8.21. The number of rotatable bonds is 5. The van der Waals surface area contributed by atoms with Crippen LogP contribution in [0.3, 0.4) is 0 Å². The van der Waals surface area contributed by atoms with Crippen molar-refractivity contribution in [1.82, 2.24) is 10.6 Å². The van der Waals surface area contributed by atoms with Crippen LogP contribution in [0, 0.1) is 13.8 Å². The van der Waals surface area contributed by atoms with Gasteiger partial charge in [-0.3, -0.25) is 15.2 Å². The van der Waals surface area contributed by atoms with Gasteiger partial charge in [-0.25, -0.2) is 0 Å². The number of hydrazine groups is 1. The summed E-state index contributed by atoms with van der Waals surface area (Å²) in [7, 11) is 0. The molecule has 25 heavy (non-hydrogen) atoms. The van der Waals surface area contributed by atoms with Crippen molar-refractivity contribution >= 4 is 17.3 Å². The number of carbonyl (C=O) groups is 1. The zero-order valence-electron chi connectivity index (χ0n) is 14.6. The van der Waals surface area contributed by atoms with Crippen molar-refractivity contribution in [3.05, 3.63) is 77.7 Å². The van der Waals surface area contributed by atoms with Gasteiger partial charge >= 0.3 is 0 Å². The Labute approximate surface area is 147 Å². The Hall–Kier alpha value is -3.08. The van der Waals surface area contributed by atoms with E-state index in [0.29, 0.717) is 5.76 Å². The second kappa shape index (κ2) is 7.21. The minimum atomic E-state index is -0.374. The minimum Gasteiger partial charge on any atom is -0.361 e. The second-order valence-corrected chi connectivity index (χ2v) is 5.94. The Balaban J connectivity index is 1.89. The van der Waals surface area contributed by atoms with Gasteiger partial charge in [0.05, 0.1) is 23.0 Å². The summed E-state index contributed by atoms with van der Waals surface area (Å²) in [6.07, 6.45) is 0. The van der Waals surface area contributed by atoms with Gasteiger partial charge in [0.2, 0.25) is 5.91 Å². The van der Waals surface area contributed by atoms with Gasteiger partial charge in [-0.05, 0) is 45.0 Å². The summed E-state index contributed by atoms with van der Waals surface area (Å²) in [5.41, 5.74) is 6.36. The quantitative estimate of drug-likeness (QED) is 0.708. The summed E-state index contributed by atoms with van der Waals surface area (Å²) in [5.74, 6) is 0.175. The molecular formula is C20H21N3O2. The number of para-hydroxylation sites is 2. The number of hydrogen-bond donors (Lipinski definition) is 1. The average molecular weight is 335 g/mol. The highest BCUT2D eigenvalue weighted by molar-refractivity contribution is 5.86. The molecule has 0 saturated carbocycles. The molecule has 0 aliphatic rings. The molecule has 0 bridgehead atoms. The summed E-state index contributed by atoms with van der Waals surface area (Å²) < 4.78 is 5.20. The molecule has 5 heteroatoms. The number of aryl methyl sites for hydroxylation is 2. The fraction of sp³-hybridized carbons (Fsp3) is 0.200. The molecule has 1 aromatic heterocycles. The van der Waals surface area contributed by atoms with Crippen molar-refractivity contribution in [2.45, 2.75) is 26.7 Å². The van der Waals surface area contributed by atoms with Gasteiger partial charge in [0, 0.05) is 5.56 Å². The van der Waals surface area contributed by atoms with Crippen molar-refractivity contribution < 1.29 is 9.32 Å². The largest absolute Gasteiger partial charge is 0.361 e. The molecule has 1 heterocycles. The highest BCUT2D eigenvalue weighted by atomic mass is 16.5. The molecule has 1 N–H and O–H groups in total. The molecule has 1 amide bonds. The molecule has 0 unspecified atom stereocenters. The molecule has 1 atom stereocenters. The number of nitrogens with zero attached hydrogens (tertiary/aromatic N) is 2. The van der Waals surface area contributed by atoms with Crippen LogP contribution in [-0.4, -0.2) is 11.1 Å². The SMILES string of the molecule is Cc1noc(C)c1[C@@H](C)C(=O)NN(c1ccccc1)c1ccccc1. The number of aromatic nitrogens is 1. The molecule has 3 rings (SSSR count). The fourth-order valence-corrected chi connectivity index (χ4v) is 2.88. The molecule has 0 saturated heterocycles. The maximum absolute atomic E-state index is 12.9. The zero-order chi connectivity index (χ0) is 17.8. The van der Waals surface area contributed by atoms with Crippen LogP contribution in [0.2, 0.25) is 0 Å². The zero-order valence-corrected chi connectivity index (χ0v) is 14.6. The molecule has 2 aromatic carbocycles. The summed E-state index contributed by atoms with van der Waals surface area (Å²) in [6.45, 7) is 5.53. The lowest BCUT2D eigenvalue weighted by molar-refractivity contribution is -0.122. The van der Waals surface area contributed by atoms with E-state index < -0.39 is 0 Å². The first kappa shape index (κ1) is 16.8. The number of anilines is 2. The smallest absolute Gasteiger partial charge is 0.246 e. The first-order chi connectivity index (χ1) is 12.1. The van der Waals surface area contributed by atoms with Crippen molar-refractivity contribution in [2.24, 2.45) is 0 Å². The lowest BCUT2D eigenvalue weighted by atomic mass is 9.99. The van der Waals surface area contributed by atoms with Crippen LogP contribution in [0.5, 0.6) is 0 Å². The highest BCUT2D eigenvalue weighted by Crippen LogP contribution is 2.26. The monoisotopic (exact) mass is 335 g/mol. The summed E-state index contributed by atoms with van der Waals surface area (Å²) in [6, 6.07) is 19.5. The number of hydrogen-bond acceptors (Lipinski definition) is 4. The van der Waals surface area contributed by atoms with E-state index in [1.807, 2.05) is 81.4 Å². The third-order valence-electron chi connectivity index (χ3n) is 4.17. The molecular weight excluding hydrogens is 314 g/mol. The van der Waals surface area contributed by atoms with Crippen molar-refractivity contribution in [3.63, 3.8) is 0 Å². The van der Waals surface area contributed by atoms with Crippen LogP contribution in [-0.2, 0) is 4.79 Å². The van der Waals surface area contributed by atoms with Crippen LogP contribution in [0.15, 0.2) is 65.2 Å². The van der Waals surface area contributed by atoms with Crippen LogP contribution in [0.25, 0.3) is 0 Å². The minimum absolute atomic E-state index is 0.123. The molecule has 0 spiro atoms. The molecule has 3 aromatic rings. The standard InChI is InChI=1S/C20H21N3O2/c1-14(19-15(2)22-25-16(19)3)20(24)21-23(17-10-6-4-7-11-17)18-12-8-5-9-13-18/h4-14H,1-3H3,(H,21,24)/t14-/m1/s1. The highest BCUT2D eigenvalue weighted by Gasteiger charge is 2.25. The van der Waals surface area contributed by atoms with Gasteiger partial charge in [-0.2, -0.15) is 0 Å². The molecule has 5 nitrogen and oxygen atoms in total. The lowest BCUT2D eigenvalue weighted by Gasteiger charge is -2.27. The predicted octanol–water partition coefficient (Wildman–Crippen LogP) is 4.26. The van der Waals surface area contributed by atoms with Crippen LogP contribution >= 0.6 is 0 Å². The van der Waals surface area contributed by atoms with Crippen LogP contribution in [0.4, 0.5) is 11.4 Å². The Morgan fingerprint density at radius 1 is 1.00 bits per heavy atom. The van der Waals surface area contributed by atoms with E-state index in [1.54, 1.807) is 5.01 Å². The van der Waals surface area contributed by atoms with Gasteiger partial charge in [-0.1, -0.05) is 41.6 Å². The van der Waals surface area contributed by atoms with Gasteiger partial charge in [0.15, 0.2) is 0 Å². The molecule has 128 valence electrons. The van der Waals surface area contributed by atoms with Gasteiger partial charge < -0.3 is 4.52 Å². The van der Waals surface area contributed by atoms with Crippen molar-refractivity contribution in [1.29, 1.82) is 0 Å². The maximum atomic E-state index is 12.9. The molecule has 0 fully saturated rings. The van der Waals surface area contributed by atoms with E-state index in [-0.39, 0.29) is 11.8 Å². The summed E-state index contributed by atoms with van der Waals surface area (Å²) in [5, 5.41) is 5.74. The third kappa shape index (κ3) is 3.55. The Bertz CT molecular complexity index is 785.